The number of imidazole rings is 1. The Labute approximate surface area is 274 Å². The van der Waals surface area contributed by atoms with E-state index in [1.165, 1.54) is 24.3 Å². The van der Waals surface area contributed by atoms with Crippen LogP contribution in [0.25, 0.3) is 0 Å². The third-order valence-electron chi connectivity index (χ3n) is 10.2. The molecule has 2 heterocycles. The SMILES string of the molecule is CC[Si](CC)(CC)OC(C)(C)Cn1nc([N+](=O)[O-])cc1C1(O)CC2CC(c3ncn(C)c3C(=O)Nc3ccc(F)c(Cl)c3)CC2C1. The van der Waals surface area contributed by atoms with Crippen molar-refractivity contribution in [3.8, 4) is 0 Å². The van der Waals surface area contributed by atoms with Gasteiger partial charge < -0.3 is 29.5 Å². The van der Waals surface area contributed by atoms with E-state index in [4.69, 9.17) is 16.0 Å². The molecule has 2 atom stereocenters. The summed E-state index contributed by atoms with van der Waals surface area (Å²) in [5, 5.41) is 30.9. The average molecular weight is 675 g/mol. The van der Waals surface area contributed by atoms with E-state index in [-0.39, 0.29) is 41.0 Å². The fourth-order valence-electron chi connectivity index (χ4n) is 7.82. The van der Waals surface area contributed by atoms with E-state index in [1.807, 2.05) is 13.8 Å². The van der Waals surface area contributed by atoms with Crippen LogP contribution in [0.1, 0.15) is 88.1 Å². The number of benzene rings is 1. The van der Waals surface area contributed by atoms with Crippen molar-refractivity contribution in [3.63, 3.8) is 0 Å². The maximum Gasteiger partial charge on any atom is 0.390 e. The topological polar surface area (TPSA) is 137 Å². The molecule has 2 fully saturated rings. The summed E-state index contributed by atoms with van der Waals surface area (Å²) in [5.41, 5.74) is 0.0217. The number of anilines is 1. The minimum atomic E-state index is -1.98. The summed E-state index contributed by atoms with van der Waals surface area (Å²) in [7, 11) is -0.226. The number of nitro groups is 1. The highest BCUT2D eigenvalue weighted by Crippen LogP contribution is 2.57. The molecule has 3 aromatic rings. The summed E-state index contributed by atoms with van der Waals surface area (Å²) in [6, 6.07) is 8.37. The average Bonchev–Trinajstić information content (AvgIpc) is 3.75. The lowest BCUT2D eigenvalue weighted by Gasteiger charge is -2.38. The van der Waals surface area contributed by atoms with Crippen molar-refractivity contribution in [1.29, 1.82) is 0 Å². The smallest absolute Gasteiger partial charge is 0.390 e. The quantitative estimate of drug-likeness (QED) is 0.118. The Bertz CT molecular complexity index is 1600. The van der Waals surface area contributed by atoms with E-state index >= 15 is 0 Å². The number of fused-ring (bicyclic) bond motifs is 1. The molecule has 0 spiro atoms. The van der Waals surface area contributed by atoms with Gasteiger partial charge in [0.15, 0.2) is 8.32 Å². The second kappa shape index (κ2) is 12.8. The van der Waals surface area contributed by atoms with E-state index in [0.717, 1.165) is 31.0 Å². The summed E-state index contributed by atoms with van der Waals surface area (Å²) in [6.07, 6.45) is 3.90. The number of aromatic nitrogens is 4. The van der Waals surface area contributed by atoms with Gasteiger partial charge in [0.2, 0.25) is 0 Å². The Hall–Kier alpha value is -3.13. The molecule has 0 radical (unpaired) electrons. The molecular weight excluding hydrogens is 631 g/mol. The molecule has 2 N–H and O–H groups in total. The monoisotopic (exact) mass is 674 g/mol. The van der Waals surface area contributed by atoms with Gasteiger partial charge in [0, 0.05) is 18.7 Å². The molecule has 1 aromatic carbocycles. The number of carbonyl (C=O) groups excluding carboxylic acids is 1. The number of halogens is 2. The predicted molar refractivity (Wildman–Crippen MR) is 176 cm³/mol. The molecule has 46 heavy (non-hydrogen) atoms. The molecule has 2 aliphatic rings. The van der Waals surface area contributed by atoms with Crippen molar-refractivity contribution in [2.75, 3.05) is 5.32 Å². The summed E-state index contributed by atoms with van der Waals surface area (Å²) in [5.74, 6) is -0.952. The number of aryl methyl sites for hydroxylation is 1. The van der Waals surface area contributed by atoms with E-state index in [1.54, 1.807) is 22.6 Å². The summed E-state index contributed by atoms with van der Waals surface area (Å²) in [6.45, 7) is 10.8. The number of hydrogen-bond acceptors (Lipinski definition) is 7. The summed E-state index contributed by atoms with van der Waals surface area (Å²) >= 11 is 5.90. The zero-order valence-corrected chi connectivity index (χ0v) is 29.1. The fourth-order valence-corrected chi connectivity index (χ4v) is 11.2. The van der Waals surface area contributed by atoms with Crippen molar-refractivity contribution in [2.45, 2.75) is 102 Å². The van der Waals surface area contributed by atoms with Crippen molar-refractivity contribution >= 4 is 37.3 Å². The lowest BCUT2D eigenvalue weighted by molar-refractivity contribution is -0.389. The first-order valence-electron chi connectivity index (χ1n) is 16.1. The molecule has 0 aliphatic heterocycles. The number of amides is 1. The van der Waals surface area contributed by atoms with Gasteiger partial charge >= 0.3 is 5.82 Å². The largest absolute Gasteiger partial charge is 0.410 e. The van der Waals surface area contributed by atoms with Crippen LogP contribution >= 0.6 is 11.6 Å². The summed E-state index contributed by atoms with van der Waals surface area (Å²) in [4.78, 5) is 29.2. The summed E-state index contributed by atoms with van der Waals surface area (Å²) < 4.78 is 23.7. The van der Waals surface area contributed by atoms with Crippen LogP contribution in [0, 0.1) is 27.8 Å². The first kappa shape index (κ1) is 34.2. The van der Waals surface area contributed by atoms with Gasteiger partial charge in [-0.25, -0.2) is 9.37 Å². The van der Waals surface area contributed by atoms with E-state index in [0.29, 0.717) is 35.6 Å². The van der Waals surface area contributed by atoms with E-state index in [2.05, 4.69) is 36.2 Å². The Morgan fingerprint density at radius 3 is 2.41 bits per heavy atom. The third-order valence-corrected chi connectivity index (χ3v) is 15.3. The zero-order valence-electron chi connectivity index (χ0n) is 27.3. The number of hydrogen-bond donors (Lipinski definition) is 2. The van der Waals surface area contributed by atoms with Gasteiger partial charge in [-0.05, 0) is 92.6 Å². The van der Waals surface area contributed by atoms with Gasteiger partial charge in [0.1, 0.15) is 17.1 Å². The van der Waals surface area contributed by atoms with Crippen LogP contribution < -0.4 is 5.32 Å². The first-order valence-corrected chi connectivity index (χ1v) is 19.0. The van der Waals surface area contributed by atoms with Gasteiger partial charge in [-0.2, -0.15) is 4.68 Å². The van der Waals surface area contributed by atoms with Crippen molar-refractivity contribution in [1.82, 2.24) is 19.3 Å². The standard InChI is InChI=1S/C32H44ClFN6O5Si/c1-7-46(8-2,9-3)45-31(4,5)18-39-26(15-27(37-39)40(43)44)32(42)16-21-12-20(13-22(21)17-32)28-29(38(6)19-35-28)30(41)36-23-10-11-25(34)24(33)14-23/h10-11,14-15,19-22,42H,7-9,12-13,16-18H2,1-6H3,(H,36,41). The van der Waals surface area contributed by atoms with Gasteiger partial charge in [-0.15, -0.1) is 0 Å². The van der Waals surface area contributed by atoms with Crippen LogP contribution in [0.2, 0.25) is 23.2 Å². The number of carbonyl (C=O) groups is 1. The lowest BCUT2D eigenvalue weighted by atomic mass is 9.90. The second-order valence-corrected chi connectivity index (χ2v) is 18.8. The highest BCUT2D eigenvalue weighted by Gasteiger charge is 2.53. The van der Waals surface area contributed by atoms with Gasteiger partial charge in [-0.1, -0.05) is 32.4 Å². The highest BCUT2D eigenvalue weighted by atomic mass is 35.5. The van der Waals surface area contributed by atoms with Crippen LogP contribution in [-0.4, -0.2) is 49.2 Å². The van der Waals surface area contributed by atoms with Crippen LogP contribution in [0.3, 0.4) is 0 Å². The van der Waals surface area contributed by atoms with E-state index < -0.39 is 30.3 Å². The van der Waals surface area contributed by atoms with Crippen LogP contribution in [0.4, 0.5) is 15.9 Å². The zero-order chi connectivity index (χ0) is 33.6. The molecule has 0 bridgehead atoms. The molecule has 2 unspecified atom stereocenters. The predicted octanol–water partition coefficient (Wildman–Crippen LogP) is 7.16. The molecule has 11 nitrogen and oxygen atoms in total. The molecule has 5 rings (SSSR count). The molecule has 2 aromatic heterocycles. The maximum absolute atomic E-state index is 13.6. The van der Waals surface area contributed by atoms with Crippen molar-refractivity contribution in [3.05, 3.63) is 68.6 Å². The van der Waals surface area contributed by atoms with E-state index in [9.17, 15) is 24.4 Å². The van der Waals surface area contributed by atoms with Gasteiger partial charge in [0.25, 0.3) is 5.91 Å². The minimum Gasteiger partial charge on any atom is -0.410 e. The Morgan fingerprint density at radius 2 is 1.85 bits per heavy atom. The van der Waals surface area contributed by atoms with Gasteiger partial charge in [0.05, 0.1) is 46.0 Å². The normalized spacial score (nSPS) is 23.1. The molecule has 2 saturated carbocycles. The maximum atomic E-state index is 13.6. The number of aliphatic hydroxyl groups is 1. The Balaban J connectivity index is 1.34. The van der Waals surface area contributed by atoms with Gasteiger partial charge in [-0.3, -0.25) is 4.79 Å². The number of rotatable bonds is 12. The lowest BCUT2D eigenvalue weighted by Crippen LogP contribution is -2.47. The minimum absolute atomic E-state index is 0.0000918. The molecular formula is C32H44ClFN6O5Si. The fraction of sp³-hybridized carbons (Fsp3) is 0.594. The second-order valence-electron chi connectivity index (χ2n) is 13.7. The molecule has 0 saturated heterocycles. The molecule has 2 aliphatic carbocycles. The van der Waals surface area contributed by atoms with Crippen LogP contribution in [0.5, 0.6) is 0 Å². The Morgan fingerprint density at radius 1 is 1.22 bits per heavy atom. The Kier molecular flexibility index (Phi) is 9.53. The number of nitrogens with one attached hydrogen (secondary N) is 1. The highest BCUT2D eigenvalue weighted by molar-refractivity contribution is 6.73. The molecule has 1 amide bonds. The number of nitrogens with zero attached hydrogens (tertiary/aromatic N) is 5. The van der Waals surface area contributed by atoms with Crippen LogP contribution in [0.15, 0.2) is 30.6 Å². The van der Waals surface area contributed by atoms with Crippen molar-refractivity contribution in [2.24, 2.45) is 18.9 Å². The van der Waals surface area contributed by atoms with Crippen molar-refractivity contribution < 1.29 is 23.6 Å². The molecule has 250 valence electrons. The first-order chi connectivity index (χ1) is 21.6. The molecule has 14 heteroatoms. The van der Waals surface area contributed by atoms with Crippen LogP contribution in [-0.2, 0) is 23.6 Å². The third kappa shape index (κ3) is 6.64.